The molecule has 0 aliphatic carbocycles. The molecule has 0 atom stereocenters. The number of ether oxygens (including phenoxy) is 2. The Balaban J connectivity index is 1.50. The van der Waals surface area contributed by atoms with Gasteiger partial charge in [0, 0.05) is 50.2 Å². The largest absolute Gasteiger partial charge is 0.496 e. The van der Waals surface area contributed by atoms with Crippen molar-refractivity contribution in [2.45, 2.75) is 6.54 Å². The van der Waals surface area contributed by atoms with Gasteiger partial charge in [0.1, 0.15) is 11.4 Å². The summed E-state index contributed by atoms with van der Waals surface area (Å²) < 4.78 is 10.7. The smallest absolute Gasteiger partial charge is 0.270 e. The lowest BCUT2D eigenvalue weighted by Crippen LogP contribution is -2.39. The van der Waals surface area contributed by atoms with E-state index < -0.39 is 0 Å². The number of para-hydroxylation sites is 1. The molecule has 1 aromatic carbocycles. The van der Waals surface area contributed by atoms with Gasteiger partial charge in [0.2, 0.25) is 0 Å². The first-order chi connectivity index (χ1) is 13.3. The number of methoxy groups -OCH3 is 1. The van der Waals surface area contributed by atoms with Crippen LogP contribution in [0.1, 0.15) is 16.1 Å². The van der Waals surface area contributed by atoms with Crippen LogP contribution in [0, 0.1) is 0 Å². The summed E-state index contributed by atoms with van der Waals surface area (Å²) in [4.78, 5) is 19.0. The molecule has 1 aliphatic rings. The van der Waals surface area contributed by atoms with E-state index in [1.807, 2.05) is 30.3 Å². The summed E-state index contributed by atoms with van der Waals surface area (Å²) in [5.74, 6) is 0.544. The number of nitrogens with zero attached hydrogens (tertiary/aromatic N) is 2. The van der Waals surface area contributed by atoms with Crippen molar-refractivity contribution in [2.24, 2.45) is 0 Å². The molecule has 144 valence electrons. The average Bonchev–Trinajstić information content (AvgIpc) is 2.73. The molecule has 0 spiro atoms. The van der Waals surface area contributed by atoms with Crippen molar-refractivity contribution in [1.29, 1.82) is 0 Å². The summed E-state index contributed by atoms with van der Waals surface area (Å²) in [7, 11) is 1.62. The van der Waals surface area contributed by atoms with Crippen molar-refractivity contribution >= 4 is 11.6 Å². The van der Waals surface area contributed by atoms with Crippen LogP contribution >= 0.6 is 0 Å². The number of anilines is 1. The Morgan fingerprint density at radius 2 is 2.07 bits per heavy atom. The van der Waals surface area contributed by atoms with Gasteiger partial charge in [-0.25, -0.2) is 0 Å². The summed E-state index contributed by atoms with van der Waals surface area (Å²) in [6.45, 7) is 5.67. The van der Waals surface area contributed by atoms with E-state index in [1.54, 1.807) is 19.4 Å². The summed E-state index contributed by atoms with van der Waals surface area (Å²) in [5, 5.41) is 6.25. The molecule has 2 aromatic rings. The maximum atomic E-state index is 12.4. The summed E-state index contributed by atoms with van der Waals surface area (Å²) in [5.41, 5.74) is 2.20. The predicted octanol–water partition coefficient (Wildman–Crippen LogP) is 1.76. The van der Waals surface area contributed by atoms with E-state index in [9.17, 15) is 4.79 Å². The van der Waals surface area contributed by atoms with E-state index in [0.29, 0.717) is 12.2 Å². The maximum absolute atomic E-state index is 12.4. The SMILES string of the molecule is COc1ccccc1CNC(=O)c1cc(NCCN2CCOCC2)ccn1. The van der Waals surface area contributed by atoms with Crippen LogP contribution in [0.5, 0.6) is 5.75 Å². The van der Waals surface area contributed by atoms with E-state index in [4.69, 9.17) is 9.47 Å². The fraction of sp³-hybridized carbons (Fsp3) is 0.400. The van der Waals surface area contributed by atoms with Crippen LogP contribution in [0.4, 0.5) is 5.69 Å². The maximum Gasteiger partial charge on any atom is 0.270 e. The number of benzene rings is 1. The molecular weight excluding hydrogens is 344 g/mol. The summed E-state index contributed by atoms with van der Waals surface area (Å²) >= 11 is 0. The molecule has 1 aliphatic heterocycles. The molecule has 1 fully saturated rings. The minimum atomic E-state index is -0.210. The molecule has 7 heteroatoms. The molecule has 3 rings (SSSR count). The van der Waals surface area contributed by atoms with Crippen LogP contribution in [0.25, 0.3) is 0 Å². The standard InChI is InChI=1S/C20H26N4O3/c1-26-19-5-3-2-4-16(19)15-23-20(25)18-14-17(6-7-22-18)21-8-9-24-10-12-27-13-11-24/h2-7,14H,8-13,15H2,1H3,(H,21,22)(H,23,25). The highest BCUT2D eigenvalue weighted by Crippen LogP contribution is 2.17. The van der Waals surface area contributed by atoms with Crippen molar-refractivity contribution in [1.82, 2.24) is 15.2 Å². The van der Waals surface area contributed by atoms with Gasteiger partial charge in [-0.15, -0.1) is 0 Å². The van der Waals surface area contributed by atoms with E-state index in [2.05, 4.69) is 20.5 Å². The van der Waals surface area contributed by atoms with Gasteiger partial charge >= 0.3 is 0 Å². The van der Waals surface area contributed by atoms with Gasteiger partial charge in [-0.2, -0.15) is 0 Å². The van der Waals surface area contributed by atoms with Crippen LogP contribution in [0.15, 0.2) is 42.6 Å². The number of aromatic nitrogens is 1. The number of pyridine rings is 1. The Hall–Kier alpha value is -2.64. The first-order valence-electron chi connectivity index (χ1n) is 9.16. The number of amides is 1. The zero-order valence-electron chi connectivity index (χ0n) is 15.6. The van der Waals surface area contributed by atoms with Crippen LogP contribution < -0.4 is 15.4 Å². The lowest BCUT2D eigenvalue weighted by atomic mass is 10.2. The van der Waals surface area contributed by atoms with Crippen molar-refractivity contribution < 1.29 is 14.3 Å². The fourth-order valence-electron chi connectivity index (χ4n) is 2.96. The van der Waals surface area contributed by atoms with Gasteiger partial charge < -0.3 is 20.1 Å². The first kappa shape index (κ1) is 19.1. The molecular formula is C20H26N4O3. The lowest BCUT2D eigenvalue weighted by molar-refractivity contribution is 0.0398. The second-order valence-corrected chi connectivity index (χ2v) is 6.31. The summed E-state index contributed by atoms with van der Waals surface area (Å²) in [6, 6.07) is 11.3. The highest BCUT2D eigenvalue weighted by Gasteiger charge is 2.11. The second kappa shape index (κ2) is 9.89. The third-order valence-electron chi connectivity index (χ3n) is 4.49. The molecule has 1 aromatic heterocycles. The predicted molar refractivity (Wildman–Crippen MR) is 104 cm³/mol. The Morgan fingerprint density at radius 1 is 1.26 bits per heavy atom. The fourth-order valence-corrected chi connectivity index (χ4v) is 2.96. The Kier molecular flexibility index (Phi) is 7.01. The number of carbonyl (C=O) groups is 1. The highest BCUT2D eigenvalue weighted by molar-refractivity contribution is 5.93. The summed E-state index contributed by atoms with van der Waals surface area (Å²) in [6.07, 6.45) is 1.65. The van der Waals surface area contributed by atoms with Gasteiger partial charge in [0.05, 0.1) is 20.3 Å². The van der Waals surface area contributed by atoms with Gasteiger partial charge in [0.15, 0.2) is 0 Å². The quantitative estimate of drug-likeness (QED) is 0.738. The third kappa shape index (κ3) is 5.67. The normalized spacial score (nSPS) is 14.6. The first-order valence-corrected chi connectivity index (χ1v) is 9.16. The van der Waals surface area contributed by atoms with Crippen LogP contribution in [0.3, 0.4) is 0 Å². The zero-order valence-corrected chi connectivity index (χ0v) is 15.6. The van der Waals surface area contributed by atoms with Crippen molar-refractivity contribution in [3.63, 3.8) is 0 Å². The third-order valence-corrected chi connectivity index (χ3v) is 4.49. The second-order valence-electron chi connectivity index (χ2n) is 6.31. The number of hydrogen-bond donors (Lipinski definition) is 2. The number of hydrogen-bond acceptors (Lipinski definition) is 6. The highest BCUT2D eigenvalue weighted by atomic mass is 16.5. The molecule has 1 amide bonds. The van der Waals surface area contributed by atoms with Gasteiger partial charge in [-0.1, -0.05) is 18.2 Å². The number of morpholine rings is 1. The molecule has 0 saturated carbocycles. The lowest BCUT2D eigenvalue weighted by Gasteiger charge is -2.26. The average molecular weight is 370 g/mol. The number of nitrogens with one attached hydrogen (secondary N) is 2. The zero-order chi connectivity index (χ0) is 18.9. The van der Waals surface area contributed by atoms with Crippen LogP contribution in [-0.4, -0.2) is 62.3 Å². The molecule has 0 radical (unpaired) electrons. The van der Waals surface area contributed by atoms with E-state index >= 15 is 0 Å². The van der Waals surface area contributed by atoms with Crippen LogP contribution in [-0.2, 0) is 11.3 Å². The van der Waals surface area contributed by atoms with Gasteiger partial charge in [-0.3, -0.25) is 14.7 Å². The number of rotatable bonds is 8. The molecule has 2 N–H and O–H groups in total. The van der Waals surface area contributed by atoms with E-state index in [-0.39, 0.29) is 5.91 Å². The van der Waals surface area contributed by atoms with Crippen molar-refractivity contribution in [3.8, 4) is 5.75 Å². The molecule has 27 heavy (non-hydrogen) atoms. The Labute approximate surface area is 159 Å². The molecule has 1 saturated heterocycles. The topological polar surface area (TPSA) is 75.7 Å². The van der Waals surface area contributed by atoms with Gasteiger partial charge in [-0.05, 0) is 18.2 Å². The van der Waals surface area contributed by atoms with Crippen LogP contribution in [0.2, 0.25) is 0 Å². The molecule has 2 heterocycles. The molecule has 0 unspecified atom stereocenters. The van der Waals surface area contributed by atoms with E-state index in [1.165, 1.54) is 0 Å². The molecule has 0 bridgehead atoms. The number of carbonyl (C=O) groups excluding carboxylic acids is 1. The van der Waals surface area contributed by atoms with E-state index in [0.717, 1.165) is 56.4 Å². The van der Waals surface area contributed by atoms with Crippen molar-refractivity contribution in [2.75, 3.05) is 51.8 Å². The Bertz CT molecular complexity index is 748. The minimum absolute atomic E-state index is 0.210. The monoisotopic (exact) mass is 370 g/mol. The molecule has 7 nitrogen and oxygen atoms in total. The Morgan fingerprint density at radius 3 is 2.89 bits per heavy atom. The van der Waals surface area contributed by atoms with Crippen molar-refractivity contribution in [3.05, 3.63) is 53.9 Å². The van der Waals surface area contributed by atoms with Gasteiger partial charge in [0.25, 0.3) is 5.91 Å². The minimum Gasteiger partial charge on any atom is -0.496 e.